The van der Waals surface area contributed by atoms with E-state index in [-0.39, 0.29) is 6.10 Å². The zero-order valence-electron chi connectivity index (χ0n) is 12.3. The van der Waals surface area contributed by atoms with Gasteiger partial charge in [0.15, 0.2) is 0 Å². The summed E-state index contributed by atoms with van der Waals surface area (Å²) in [5.74, 6) is 1.41. The van der Waals surface area contributed by atoms with Crippen LogP contribution in [-0.2, 0) is 0 Å². The molecule has 2 unspecified atom stereocenters. The molecule has 0 N–H and O–H groups in total. The largest absolute Gasteiger partial charge is 0.484 e. The third-order valence-corrected chi connectivity index (χ3v) is 4.33. The summed E-state index contributed by atoms with van der Waals surface area (Å²) in [5.41, 5.74) is 6.33. The monoisotopic (exact) mass is 274 g/mol. The molecule has 2 aromatic rings. The Hall–Kier alpha value is -2.28. The zero-order chi connectivity index (χ0) is 14.4. The number of hydrogen-bond donors (Lipinski definition) is 0. The van der Waals surface area contributed by atoms with Crippen LogP contribution in [0.25, 0.3) is 11.1 Å². The number of ether oxygens (including phenoxy) is 1. The lowest BCUT2D eigenvalue weighted by molar-refractivity contribution is 0.269. The van der Waals surface area contributed by atoms with Crippen molar-refractivity contribution in [2.24, 2.45) is 0 Å². The van der Waals surface area contributed by atoms with Crippen LogP contribution in [0.4, 0.5) is 0 Å². The maximum absolute atomic E-state index is 6.25. The summed E-state index contributed by atoms with van der Waals surface area (Å²) in [6.07, 6.45) is 6.80. The van der Waals surface area contributed by atoms with E-state index in [1.54, 1.807) is 0 Å². The van der Waals surface area contributed by atoms with Crippen molar-refractivity contribution in [3.8, 4) is 16.9 Å². The molecule has 104 valence electrons. The van der Waals surface area contributed by atoms with Gasteiger partial charge in [-0.2, -0.15) is 0 Å². The van der Waals surface area contributed by atoms with Gasteiger partial charge in [-0.15, -0.1) is 0 Å². The highest BCUT2D eigenvalue weighted by molar-refractivity contribution is 5.74. The maximum Gasteiger partial charge on any atom is 0.132 e. The van der Waals surface area contributed by atoms with E-state index in [0.717, 1.165) is 5.75 Å². The number of para-hydroxylation sites is 1. The average Bonchev–Trinajstić information content (AvgIpc) is 2.85. The Bertz CT molecular complexity index is 767. The van der Waals surface area contributed by atoms with Crippen molar-refractivity contribution in [1.82, 2.24) is 0 Å². The number of hydrogen-bond acceptors (Lipinski definition) is 1. The van der Waals surface area contributed by atoms with Gasteiger partial charge >= 0.3 is 0 Å². The number of allylic oxidation sites excluding steroid dienone is 2. The van der Waals surface area contributed by atoms with Crippen molar-refractivity contribution >= 4 is 0 Å². The highest BCUT2D eigenvalue weighted by Gasteiger charge is 2.34. The lowest BCUT2D eigenvalue weighted by atomic mass is 9.88. The Labute approximate surface area is 125 Å². The topological polar surface area (TPSA) is 9.23 Å². The van der Waals surface area contributed by atoms with Gasteiger partial charge in [0.2, 0.25) is 0 Å². The average molecular weight is 274 g/mol. The molecule has 2 atom stereocenters. The lowest BCUT2D eigenvalue weighted by Crippen LogP contribution is -2.16. The summed E-state index contributed by atoms with van der Waals surface area (Å²) in [6.45, 7) is 4.28. The molecule has 1 aliphatic carbocycles. The van der Waals surface area contributed by atoms with Crippen LogP contribution in [0.5, 0.6) is 5.75 Å². The number of rotatable bonds is 1. The predicted molar refractivity (Wildman–Crippen MR) is 86.7 cm³/mol. The van der Waals surface area contributed by atoms with Gasteiger partial charge in [0.1, 0.15) is 11.9 Å². The molecule has 1 aliphatic heterocycles. The van der Waals surface area contributed by atoms with E-state index < -0.39 is 0 Å². The Morgan fingerprint density at radius 1 is 1.00 bits per heavy atom. The van der Waals surface area contributed by atoms with Crippen LogP contribution in [0.15, 0.2) is 66.3 Å². The van der Waals surface area contributed by atoms with Gasteiger partial charge in [-0.25, -0.2) is 0 Å². The molecular formula is C20H18O. The van der Waals surface area contributed by atoms with Crippen LogP contribution in [0, 0.1) is 6.92 Å². The molecule has 0 saturated carbocycles. The molecule has 21 heavy (non-hydrogen) atoms. The first kappa shape index (κ1) is 12.5. The van der Waals surface area contributed by atoms with Gasteiger partial charge in [0, 0.05) is 17.0 Å². The van der Waals surface area contributed by atoms with Crippen LogP contribution < -0.4 is 4.74 Å². The quantitative estimate of drug-likeness (QED) is 0.709. The zero-order valence-corrected chi connectivity index (χ0v) is 12.3. The van der Waals surface area contributed by atoms with E-state index in [1.165, 1.54) is 27.8 Å². The van der Waals surface area contributed by atoms with Gasteiger partial charge < -0.3 is 4.74 Å². The van der Waals surface area contributed by atoms with E-state index in [2.05, 4.69) is 74.5 Å². The number of benzene rings is 2. The van der Waals surface area contributed by atoms with Crippen LogP contribution >= 0.6 is 0 Å². The fourth-order valence-corrected chi connectivity index (χ4v) is 3.30. The summed E-state index contributed by atoms with van der Waals surface area (Å²) in [7, 11) is 0. The van der Waals surface area contributed by atoms with Gasteiger partial charge in [0.25, 0.3) is 0 Å². The molecule has 0 bridgehead atoms. The molecule has 2 aliphatic rings. The molecule has 2 aromatic carbocycles. The van der Waals surface area contributed by atoms with Crippen molar-refractivity contribution in [2.75, 3.05) is 0 Å². The molecule has 1 nitrogen and oxygen atoms in total. The molecule has 0 spiro atoms. The maximum atomic E-state index is 6.25. The van der Waals surface area contributed by atoms with Gasteiger partial charge in [-0.05, 0) is 25.5 Å². The fraction of sp³-hybridized carbons (Fsp3) is 0.200. The molecule has 0 aromatic heterocycles. The van der Waals surface area contributed by atoms with Gasteiger partial charge in [-0.1, -0.05) is 65.8 Å². The summed E-state index contributed by atoms with van der Waals surface area (Å²) < 4.78 is 6.25. The van der Waals surface area contributed by atoms with E-state index >= 15 is 0 Å². The minimum Gasteiger partial charge on any atom is -0.484 e. The second-order valence-electron chi connectivity index (χ2n) is 5.97. The molecule has 0 saturated heterocycles. The molecular weight excluding hydrogens is 256 g/mol. The fourth-order valence-electron chi connectivity index (χ4n) is 3.30. The van der Waals surface area contributed by atoms with Crippen LogP contribution in [-0.4, -0.2) is 6.10 Å². The highest BCUT2D eigenvalue weighted by Crippen LogP contribution is 2.47. The Balaban J connectivity index is 1.86. The first-order valence-corrected chi connectivity index (χ1v) is 7.45. The minimum absolute atomic E-state index is 0.148. The smallest absolute Gasteiger partial charge is 0.132 e. The summed E-state index contributed by atoms with van der Waals surface area (Å²) in [4.78, 5) is 0. The third kappa shape index (κ3) is 2.01. The molecule has 4 rings (SSSR count). The summed E-state index contributed by atoms with van der Waals surface area (Å²) >= 11 is 0. The molecule has 1 heteroatoms. The van der Waals surface area contributed by atoms with Crippen molar-refractivity contribution in [3.05, 3.63) is 77.4 Å². The normalized spacial score (nSPS) is 22.3. The summed E-state index contributed by atoms with van der Waals surface area (Å²) in [6, 6.07) is 15.1. The third-order valence-electron chi connectivity index (χ3n) is 4.33. The van der Waals surface area contributed by atoms with Crippen molar-refractivity contribution in [2.45, 2.75) is 25.9 Å². The number of fused-ring (bicyclic) bond motifs is 3. The molecule has 0 radical (unpaired) electrons. The molecule has 1 heterocycles. The van der Waals surface area contributed by atoms with Gasteiger partial charge in [0.05, 0.1) is 0 Å². The van der Waals surface area contributed by atoms with Crippen molar-refractivity contribution < 1.29 is 4.74 Å². The Kier molecular flexibility index (Phi) is 2.75. The first-order chi connectivity index (χ1) is 10.2. The highest BCUT2D eigenvalue weighted by atomic mass is 16.5. The van der Waals surface area contributed by atoms with Crippen LogP contribution in [0.3, 0.4) is 0 Å². The van der Waals surface area contributed by atoms with Crippen molar-refractivity contribution in [3.63, 3.8) is 0 Å². The van der Waals surface area contributed by atoms with E-state index in [0.29, 0.717) is 5.92 Å². The second-order valence-corrected chi connectivity index (χ2v) is 5.97. The Morgan fingerprint density at radius 2 is 1.86 bits per heavy atom. The minimum atomic E-state index is 0.148. The van der Waals surface area contributed by atoms with Crippen LogP contribution in [0.2, 0.25) is 0 Å². The first-order valence-electron chi connectivity index (χ1n) is 7.45. The molecule has 0 amide bonds. The van der Waals surface area contributed by atoms with Gasteiger partial charge in [-0.3, -0.25) is 0 Å². The standard InChI is InChI=1S/C20H18O/c1-13-5-3-6-15(11-13)16-7-4-8-17-18-12-14(2)9-10-19(18)21-20(16)17/h3-12,18-19H,1-2H3. The van der Waals surface area contributed by atoms with E-state index in [4.69, 9.17) is 4.74 Å². The summed E-state index contributed by atoms with van der Waals surface area (Å²) in [5, 5.41) is 0. The van der Waals surface area contributed by atoms with E-state index in [1.807, 2.05) is 0 Å². The van der Waals surface area contributed by atoms with E-state index in [9.17, 15) is 0 Å². The van der Waals surface area contributed by atoms with Crippen molar-refractivity contribution in [1.29, 1.82) is 0 Å². The molecule has 0 fully saturated rings. The lowest BCUT2D eigenvalue weighted by Gasteiger charge is -2.16. The predicted octanol–water partition coefficient (Wildman–Crippen LogP) is 5.02. The number of aryl methyl sites for hydroxylation is 1. The SMILES string of the molecule is CC1=CC2c3cccc(-c4cccc(C)c4)c3OC2C=C1. The Morgan fingerprint density at radius 3 is 2.71 bits per heavy atom. The van der Waals surface area contributed by atoms with Crippen LogP contribution in [0.1, 0.15) is 24.0 Å². The second kappa shape index (κ2) is 4.63.